The second-order valence-corrected chi connectivity index (χ2v) is 5.22. The Morgan fingerprint density at radius 2 is 2.31 bits per heavy atom. The van der Waals surface area contributed by atoms with E-state index in [0.29, 0.717) is 16.8 Å². The van der Waals surface area contributed by atoms with Crippen molar-refractivity contribution in [2.24, 2.45) is 4.99 Å². The lowest BCUT2D eigenvalue weighted by Gasteiger charge is -2.17. The van der Waals surface area contributed by atoms with E-state index in [9.17, 15) is 4.39 Å². The highest BCUT2D eigenvalue weighted by atomic mass is 35.5. The standard InChI is InChI=1S/C11H12ClFN2S/c1-7-2-3-16-11(14-7)15-10-5-8(12)4-9(13)6-10/h4-7H,2-3H2,1H3,(H,14,15). The quantitative estimate of drug-likeness (QED) is 0.829. The Morgan fingerprint density at radius 1 is 1.50 bits per heavy atom. The minimum atomic E-state index is -0.343. The Hall–Kier alpha value is -0.740. The monoisotopic (exact) mass is 258 g/mol. The van der Waals surface area contributed by atoms with Crippen molar-refractivity contribution < 1.29 is 4.39 Å². The van der Waals surface area contributed by atoms with Crippen LogP contribution in [0.1, 0.15) is 13.3 Å². The first kappa shape index (κ1) is 11.7. The van der Waals surface area contributed by atoms with Crippen LogP contribution in [-0.2, 0) is 0 Å². The first-order chi connectivity index (χ1) is 7.63. The number of benzene rings is 1. The van der Waals surface area contributed by atoms with Gasteiger partial charge in [-0.15, -0.1) is 0 Å². The smallest absolute Gasteiger partial charge is 0.161 e. The van der Waals surface area contributed by atoms with Crippen LogP contribution in [0.3, 0.4) is 0 Å². The van der Waals surface area contributed by atoms with Gasteiger partial charge in [0, 0.05) is 16.5 Å². The van der Waals surface area contributed by atoms with Gasteiger partial charge in [-0.05, 0) is 31.5 Å². The van der Waals surface area contributed by atoms with Crippen LogP contribution in [0.4, 0.5) is 10.1 Å². The topological polar surface area (TPSA) is 24.4 Å². The van der Waals surface area contributed by atoms with E-state index in [4.69, 9.17) is 11.6 Å². The van der Waals surface area contributed by atoms with Crippen LogP contribution in [0.2, 0.25) is 5.02 Å². The first-order valence-electron chi connectivity index (χ1n) is 5.07. The fraction of sp³-hybridized carbons (Fsp3) is 0.364. The summed E-state index contributed by atoms with van der Waals surface area (Å²) in [6.07, 6.45) is 1.08. The molecule has 1 aliphatic heterocycles. The molecule has 86 valence electrons. The highest BCUT2D eigenvalue weighted by molar-refractivity contribution is 8.14. The van der Waals surface area contributed by atoms with E-state index in [1.165, 1.54) is 12.1 Å². The Kier molecular flexibility index (Phi) is 3.71. The molecule has 2 rings (SSSR count). The van der Waals surface area contributed by atoms with Crippen molar-refractivity contribution in [1.82, 2.24) is 0 Å². The number of nitrogens with zero attached hydrogens (tertiary/aromatic N) is 1. The first-order valence-corrected chi connectivity index (χ1v) is 6.43. The van der Waals surface area contributed by atoms with Crippen molar-refractivity contribution in [3.8, 4) is 0 Å². The van der Waals surface area contributed by atoms with Gasteiger partial charge in [0.2, 0.25) is 0 Å². The fourth-order valence-corrected chi connectivity index (χ4v) is 2.76. The maximum absolute atomic E-state index is 13.1. The number of halogens is 2. The van der Waals surface area contributed by atoms with Gasteiger partial charge >= 0.3 is 0 Å². The van der Waals surface area contributed by atoms with E-state index in [1.807, 2.05) is 0 Å². The number of hydrogen-bond acceptors (Lipinski definition) is 3. The molecule has 0 radical (unpaired) electrons. The molecule has 2 nitrogen and oxygen atoms in total. The van der Waals surface area contributed by atoms with Gasteiger partial charge in [0.25, 0.3) is 0 Å². The number of amidine groups is 1. The van der Waals surface area contributed by atoms with E-state index in [-0.39, 0.29) is 5.82 Å². The highest BCUT2D eigenvalue weighted by Gasteiger charge is 2.12. The summed E-state index contributed by atoms with van der Waals surface area (Å²) in [6, 6.07) is 4.71. The molecule has 1 unspecified atom stereocenters. The summed E-state index contributed by atoms with van der Waals surface area (Å²) in [5.41, 5.74) is 0.644. The Labute approximate surface area is 103 Å². The van der Waals surface area contributed by atoms with E-state index >= 15 is 0 Å². The number of rotatable bonds is 1. The number of aliphatic imine (C=N–C) groups is 1. The largest absolute Gasteiger partial charge is 0.335 e. The summed E-state index contributed by atoms with van der Waals surface area (Å²) >= 11 is 7.42. The Morgan fingerprint density at radius 3 is 3.00 bits per heavy atom. The van der Waals surface area contributed by atoms with Crippen LogP contribution in [0.15, 0.2) is 23.2 Å². The summed E-state index contributed by atoms with van der Waals surface area (Å²) < 4.78 is 13.1. The van der Waals surface area contributed by atoms with Gasteiger partial charge in [0.1, 0.15) is 5.82 Å². The lowest BCUT2D eigenvalue weighted by atomic mass is 10.3. The van der Waals surface area contributed by atoms with Crippen molar-refractivity contribution in [2.45, 2.75) is 19.4 Å². The Bertz CT molecular complexity index is 402. The normalized spacial score (nSPS) is 20.4. The third-order valence-corrected chi connectivity index (χ3v) is 3.36. The van der Waals surface area contributed by atoms with Crippen LogP contribution in [0.5, 0.6) is 0 Å². The van der Waals surface area contributed by atoms with Crippen molar-refractivity contribution in [2.75, 3.05) is 11.1 Å². The zero-order valence-corrected chi connectivity index (χ0v) is 10.4. The zero-order chi connectivity index (χ0) is 11.5. The summed E-state index contributed by atoms with van der Waals surface area (Å²) in [5.74, 6) is 0.695. The maximum Gasteiger partial charge on any atom is 0.161 e. The number of thioether (sulfide) groups is 1. The van der Waals surface area contributed by atoms with Crippen LogP contribution >= 0.6 is 23.4 Å². The molecule has 0 saturated carbocycles. The zero-order valence-electron chi connectivity index (χ0n) is 8.84. The van der Waals surface area contributed by atoms with E-state index in [0.717, 1.165) is 17.3 Å². The van der Waals surface area contributed by atoms with Crippen LogP contribution in [-0.4, -0.2) is 17.0 Å². The molecular formula is C11H12ClFN2S. The third-order valence-electron chi connectivity index (χ3n) is 2.23. The predicted molar refractivity (Wildman–Crippen MR) is 69.0 cm³/mol. The maximum atomic E-state index is 13.1. The molecule has 16 heavy (non-hydrogen) atoms. The van der Waals surface area contributed by atoms with Crippen LogP contribution < -0.4 is 5.32 Å². The second kappa shape index (κ2) is 5.06. The summed E-state index contributed by atoms with van der Waals surface area (Å²) in [7, 11) is 0. The lowest BCUT2D eigenvalue weighted by molar-refractivity contribution is 0.628. The highest BCUT2D eigenvalue weighted by Crippen LogP contribution is 2.22. The van der Waals surface area contributed by atoms with Gasteiger partial charge in [-0.25, -0.2) is 4.39 Å². The number of anilines is 1. The molecule has 0 spiro atoms. The molecule has 0 fully saturated rings. The molecule has 1 heterocycles. The van der Waals surface area contributed by atoms with Crippen molar-refractivity contribution >= 4 is 34.2 Å². The van der Waals surface area contributed by atoms with Crippen molar-refractivity contribution in [1.29, 1.82) is 0 Å². The minimum absolute atomic E-state index is 0.327. The molecule has 1 atom stereocenters. The fourth-order valence-electron chi connectivity index (χ4n) is 1.45. The number of hydrogen-bond donors (Lipinski definition) is 1. The molecule has 0 bridgehead atoms. The van der Waals surface area contributed by atoms with E-state index < -0.39 is 0 Å². The van der Waals surface area contributed by atoms with Crippen molar-refractivity contribution in [3.05, 3.63) is 29.0 Å². The summed E-state index contributed by atoms with van der Waals surface area (Å²) in [4.78, 5) is 4.44. The average molecular weight is 259 g/mol. The molecule has 0 saturated heterocycles. The molecule has 5 heteroatoms. The van der Waals surface area contributed by atoms with Gasteiger partial charge in [-0.3, -0.25) is 4.99 Å². The van der Waals surface area contributed by atoms with Gasteiger partial charge in [-0.1, -0.05) is 23.4 Å². The SMILES string of the molecule is CC1CCSC(Nc2cc(F)cc(Cl)c2)=N1. The minimum Gasteiger partial charge on any atom is -0.335 e. The Balaban J connectivity index is 2.14. The molecule has 1 aromatic carbocycles. The molecular weight excluding hydrogens is 247 g/mol. The molecule has 1 N–H and O–H groups in total. The molecule has 0 amide bonds. The molecule has 0 aromatic heterocycles. The molecule has 1 aliphatic rings. The molecule has 0 aliphatic carbocycles. The van der Waals surface area contributed by atoms with Crippen LogP contribution in [0, 0.1) is 5.82 Å². The summed E-state index contributed by atoms with van der Waals surface area (Å²) in [6.45, 7) is 2.07. The van der Waals surface area contributed by atoms with Gasteiger partial charge in [-0.2, -0.15) is 0 Å². The van der Waals surface area contributed by atoms with E-state index in [1.54, 1.807) is 17.8 Å². The van der Waals surface area contributed by atoms with Crippen molar-refractivity contribution in [3.63, 3.8) is 0 Å². The molecule has 1 aromatic rings. The van der Waals surface area contributed by atoms with Gasteiger partial charge < -0.3 is 5.32 Å². The van der Waals surface area contributed by atoms with Gasteiger partial charge in [0.05, 0.1) is 6.04 Å². The number of nitrogens with one attached hydrogen (secondary N) is 1. The lowest BCUT2D eigenvalue weighted by Crippen LogP contribution is -2.18. The summed E-state index contributed by atoms with van der Waals surface area (Å²) in [5, 5.41) is 4.30. The third kappa shape index (κ3) is 3.12. The van der Waals surface area contributed by atoms with Gasteiger partial charge in [0.15, 0.2) is 5.17 Å². The van der Waals surface area contributed by atoms with Crippen LogP contribution in [0.25, 0.3) is 0 Å². The average Bonchev–Trinajstić information content (AvgIpc) is 2.15. The predicted octanol–water partition coefficient (Wildman–Crippen LogP) is 3.77. The second-order valence-electron chi connectivity index (χ2n) is 3.70. The van der Waals surface area contributed by atoms with E-state index in [2.05, 4.69) is 17.2 Å².